The van der Waals surface area contributed by atoms with Gasteiger partial charge in [0.25, 0.3) is 0 Å². The van der Waals surface area contributed by atoms with Crippen molar-refractivity contribution in [3.63, 3.8) is 0 Å². The molecule has 2 aliphatic rings. The summed E-state index contributed by atoms with van der Waals surface area (Å²) < 4.78 is 29.0. The zero-order chi connectivity index (χ0) is 77.0. The van der Waals surface area contributed by atoms with Crippen LogP contribution in [0.1, 0.15) is 170 Å². The van der Waals surface area contributed by atoms with E-state index in [9.17, 15) is 53.1 Å². The minimum Gasteiger partial charge on any atom is -0.460 e. The summed E-state index contributed by atoms with van der Waals surface area (Å²) in [6.07, 6.45) is -2.74. The summed E-state index contributed by atoms with van der Waals surface area (Å²) in [6, 6.07) is 23.7. The molecule has 0 bridgehead atoms. The number of fused-ring (bicyclic) bond motifs is 3. The monoisotopic (exact) mass is 1440 g/mol. The Morgan fingerprint density at radius 2 is 1.22 bits per heavy atom. The molecule has 0 saturated carbocycles. The maximum atomic E-state index is 14.8. The fourth-order valence-corrected chi connectivity index (χ4v) is 13.7. The van der Waals surface area contributed by atoms with E-state index in [2.05, 4.69) is 31.9 Å². The molecule has 1 aliphatic heterocycles. The number of aliphatic hydroxyl groups excluding tert-OH is 1. The largest absolute Gasteiger partial charge is 0.460 e. The molecule has 1 fully saturated rings. The molecule has 25 nitrogen and oxygen atoms in total. The lowest BCUT2D eigenvalue weighted by Gasteiger charge is -2.41. The summed E-state index contributed by atoms with van der Waals surface area (Å²) in [5, 5.41) is 27.6. The number of benzene rings is 4. The maximum absolute atomic E-state index is 14.8. The fourth-order valence-electron chi connectivity index (χ4n) is 13.7. The highest BCUT2D eigenvalue weighted by Crippen LogP contribution is 2.44. The molecule has 7 N–H and O–H groups in total. The number of hydrogen-bond acceptors (Lipinski definition) is 16. The lowest BCUT2D eigenvalue weighted by molar-refractivity contribution is -0.155. The van der Waals surface area contributed by atoms with Gasteiger partial charge in [0.2, 0.25) is 41.4 Å². The number of methoxy groups -OCH3 is 2. The number of rotatable bonds is 35. The number of anilines is 1. The van der Waals surface area contributed by atoms with Crippen molar-refractivity contribution in [3.05, 3.63) is 125 Å². The van der Waals surface area contributed by atoms with E-state index < -0.39 is 144 Å². The van der Waals surface area contributed by atoms with E-state index in [4.69, 9.17) is 23.7 Å². The first kappa shape index (κ1) is 84.0. The van der Waals surface area contributed by atoms with Gasteiger partial charge in [0.1, 0.15) is 49.0 Å². The van der Waals surface area contributed by atoms with Crippen LogP contribution < -0.4 is 31.9 Å². The van der Waals surface area contributed by atoms with Gasteiger partial charge < -0.3 is 70.5 Å². The SMILES string of the molecule is CC[C@H](C)[C@@H]([C@@H](CC(=O)N1CCC[C@H]1[C@H](OC)[C@@H](C)C(=O)N[C@H](C)[C@@H](O)c1ccccc1)OC)N(C)C(=O)[C@@H](NC(=O)[C@H](C(C)C)N(C)C(=O)OCc1ccc(NC(=O)[C@H](C)NC(=O)[C@@H](NC(=O)[C@H](CCC(=O)OC(C)(C)C)NC(=O)OCC2c3ccccc3-c3ccccc32)C(C)C)cc1)C(C)C. The first-order chi connectivity index (χ1) is 49.1. The Bertz CT molecular complexity index is 3520. The van der Waals surface area contributed by atoms with Gasteiger partial charge in [-0.15, -0.1) is 0 Å². The Balaban J connectivity index is 1.02. The van der Waals surface area contributed by atoms with Crippen molar-refractivity contribution in [3.8, 4) is 11.1 Å². The van der Waals surface area contributed by atoms with Gasteiger partial charge in [0.05, 0.1) is 48.8 Å². The van der Waals surface area contributed by atoms with Crippen LogP contribution in [0.5, 0.6) is 0 Å². The number of nitrogens with one attached hydrogen (secondary N) is 6. The van der Waals surface area contributed by atoms with Crippen LogP contribution >= 0.6 is 0 Å². The molecule has 0 spiro atoms. The third-order valence-corrected chi connectivity index (χ3v) is 19.7. The Morgan fingerprint density at radius 1 is 0.635 bits per heavy atom. The molecule has 25 heteroatoms. The Labute approximate surface area is 613 Å². The van der Waals surface area contributed by atoms with E-state index in [1.165, 1.54) is 33.1 Å². The van der Waals surface area contributed by atoms with E-state index in [1.807, 2.05) is 80.6 Å². The van der Waals surface area contributed by atoms with E-state index in [-0.39, 0.29) is 56.1 Å². The summed E-state index contributed by atoms with van der Waals surface area (Å²) in [5.41, 5.74) is 4.78. The highest BCUT2D eigenvalue weighted by molar-refractivity contribution is 5.99. The first-order valence-electron chi connectivity index (χ1n) is 36.3. The second-order valence-electron chi connectivity index (χ2n) is 29.6. The van der Waals surface area contributed by atoms with Crippen molar-refractivity contribution in [1.29, 1.82) is 0 Å². The topological polar surface area (TPSA) is 319 Å². The summed E-state index contributed by atoms with van der Waals surface area (Å²) in [7, 11) is 6.09. The van der Waals surface area contributed by atoms with Gasteiger partial charge in [-0.2, -0.15) is 0 Å². The minimum absolute atomic E-state index is 0.0346. The average Bonchev–Trinajstić information content (AvgIpc) is 1.63. The Morgan fingerprint density at radius 3 is 1.78 bits per heavy atom. The van der Waals surface area contributed by atoms with Crippen molar-refractivity contribution in [2.45, 2.75) is 220 Å². The van der Waals surface area contributed by atoms with Crippen LogP contribution in [-0.4, -0.2) is 187 Å². The molecule has 13 atom stereocenters. The van der Waals surface area contributed by atoms with Crippen LogP contribution in [0.3, 0.4) is 0 Å². The van der Waals surface area contributed by atoms with Crippen molar-refractivity contribution >= 4 is 65.2 Å². The van der Waals surface area contributed by atoms with Gasteiger partial charge in [0, 0.05) is 52.9 Å². The third kappa shape index (κ3) is 22.5. The highest BCUT2D eigenvalue weighted by atomic mass is 16.6. The van der Waals surface area contributed by atoms with Crippen LogP contribution in [0.2, 0.25) is 0 Å². The molecule has 1 heterocycles. The predicted molar refractivity (Wildman–Crippen MR) is 395 cm³/mol. The van der Waals surface area contributed by atoms with Crippen LogP contribution in [0.4, 0.5) is 15.3 Å². The number of likely N-dealkylation sites (tertiary alicyclic amines) is 1. The molecule has 0 unspecified atom stereocenters. The highest BCUT2D eigenvalue weighted by Gasteiger charge is 2.45. The molecule has 6 rings (SSSR count). The van der Waals surface area contributed by atoms with Gasteiger partial charge in [-0.05, 0) is 123 Å². The number of aliphatic hydroxyl groups is 1. The second kappa shape index (κ2) is 38.7. The normalized spacial score (nSPS) is 17.0. The number of ether oxygens (including phenoxy) is 5. The molecule has 0 aromatic heterocycles. The molecule has 1 aliphatic carbocycles. The smallest absolute Gasteiger partial charge is 0.410 e. The third-order valence-electron chi connectivity index (χ3n) is 19.7. The first-order valence-corrected chi connectivity index (χ1v) is 36.3. The molecule has 9 amide bonds. The molecule has 4 aromatic rings. The van der Waals surface area contributed by atoms with E-state index >= 15 is 0 Å². The number of likely N-dealkylation sites (N-methyl/N-ethyl adjacent to an activating group) is 2. The Kier molecular flexibility index (Phi) is 31.3. The van der Waals surface area contributed by atoms with Gasteiger partial charge in [0.15, 0.2) is 0 Å². The van der Waals surface area contributed by atoms with Crippen LogP contribution in [0, 0.1) is 29.6 Å². The lowest BCUT2D eigenvalue weighted by atomic mass is 9.89. The van der Waals surface area contributed by atoms with E-state index in [1.54, 1.807) is 129 Å². The summed E-state index contributed by atoms with van der Waals surface area (Å²) in [6.45, 7) is 24.7. The molecular weight excluding hydrogens is 1330 g/mol. The zero-order valence-electron chi connectivity index (χ0n) is 63.9. The summed E-state index contributed by atoms with van der Waals surface area (Å²) >= 11 is 0. The van der Waals surface area contributed by atoms with Crippen molar-refractivity contribution < 1.29 is 76.7 Å². The number of hydrogen-bond donors (Lipinski definition) is 7. The van der Waals surface area contributed by atoms with Gasteiger partial charge in [-0.3, -0.25) is 43.3 Å². The van der Waals surface area contributed by atoms with E-state index in [0.29, 0.717) is 42.6 Å². The molecule has 4 aromatic carbocycles. The molecule has 104 heavy (non-hydrogen) atoms. The quantitative estimate of drug-likeness (QED) is 0.0167. The van der Waals surface area contributed by atoms with Crippen LogP contribution in [0.15, 0.2) is 103 Å². The molecule has 1 saturated heterocycles. The van der Waals surface area contributed by atoms with Gasteiger partial charge >= 0.3 is 18.2 Å². The predicted octanol–water partition coefficient (Wildman–Crippen LogP) is 9.19. The molecular formula is C79H113N9O16. The van der Waals surface area contributed by atoms with Crippen molar-refractivity contribution in [1.82, 2.24) is 41.3 Å². The number of nitrogens with zero attached hydrogens (tertiary/aromatic N) is 3. The second-order valence-corrected chi connectivity index (χ2v) is 29.6. The summed E-state index contributed by atoms with van der Waals surface area (Å²) in [4.78, 5) is 144. The fraction of sp³-hybridized carbons (Fsp3) is 0.570. The zero-order valence-corrected chi connectivity index (χ0v) is 63.9. The molecule has 0 radical (unpaired) electrons. The number of amides is 9. The average molecular weight is 1440 g/mol. The molecule has 570 valence electrons. The summed E-state index contributed by atoms with van der Waals surface area (Å²) in [5.74, 6) is -6.73. The number of carbonyl (C=O) groups excluding carboxylic acids is 10. The number of alkyl carbamates (subject to hydrolysis) is 1. The van der Waals surface area contributed by atoms with Gasteiger partial charge in [-0.1, -0.05) is 160 Å². The number of carbonyl (C=O) groups is 10. The standard InChI is InChI=1S/C79H113N9O16/c1-19-48(8)68(62(100-17)42-63(89)88-41-27-34-61(88)70(101-18)49(9)71(92)80-50(10)69(91)53-28-21-20-22-29-53)86(15)76(97)66(46(4)5)85-75(96)67(47(6)7)87(16)78(99)103-43-52-35-37-54(38-36-52)82-72(93)51(11)81-74(95)65(45(2)3)84-73(94)60(39-40-64(90)104-79(12,13)14)83-77(98)102-44-59-57-32-25-23-30-55(57)56-31-24-26-33-58(56)59/h20-26,28-33,35-38,45-51,59-62,65-70,91H,19,27,34,39-44H2,1-18H3,(H,80,92)(H,81,95)(H,82,93)(H,83,98)(H,84,94)(H,85,96)/t48-,49+,50+,51-,60-,61-,62+,65-,66-,67-,68-,69+,70+/m0/s1. The minimum atomic E-state index is -1.33. The Hall–Kier alpha value is -8.94. The lowest BCUT2D eigenvalue weighted by Crippen LogP contribution is -2.60. The van der Waals surface area contributed by atoms with Crippen LogP contribution in [0.25, 0.3) is 11.1 Å². The van der Waals surface area contributed by atoms with Crippen molar-refractivity contribution in [2.24, 2.45) is 29.6 Å². The number of esters is 1. The van der Waals surface area contributed by atoms with E-state index in [0.717, 1.165) is 22.3 Å². The van der Waals surface area contributed by atoms with Crippen LogP contribution in [-0.2, 0) is 68.6 Å². The van der Waals surface area contributed by atoms with Crippen molar-refractivity contribution in [2.75, 3.05) is 46.8 Å². The van der Waals surface area contributed by atoms with Gasteiger partial charge in [-0.25, -0.2) is 9.59 Å². The maximum Gasteiger partial charge on any atom is 0.410 e.